The highest BCUT2D eigenvalue weighted by atomic mass is 19.1. The van der Waals surface area contributed by atoms with Gasteiger partial charge in [-0.15, -0.1) is 0 Å². The standard InChI is InChI=1S/C18H22FN5O/c1-3-5-6-11-24-12-20-15-16(24)22-18(23-17(15)25-4-2)21-14-9-7-13(19)8-10-14/h7-10,12H,3-6,11H2,1-2H3,(H,21,22,23). The van der Waals surface area contributed by atoms with Crippen molar-refractivity contribution in [1.82, 2.24) is 19.5 Å². The van der Waals surface area contributed by atoms with Gasteiger partial charge in [-0.2, -0.15) is 9.97 Å². The minimum Gasteiger partial charge on any atom is -0.476 e. The Morgan fingerprint density at radius 3 is 2.64 bits per heavy atom. The first kappa shape index (κ1) is 17.1. The number of hydrogen-bond donors (Lipinski definition) is 1. The molecule has 3 aromatic rings. The number of nitrogens with zero attached hydrogens (tertiary/aromatic N) is 4. The highest BCUT2D eigenvalue weighted by molar-refractivity contribution is 5.78. The summed E-state index contributed by atoms with van der Waals surface area (Å²) in [7, 11) is 0. The van der Waals surface area contributed by atoms with Gasteiger partial charge in [0, 0.05) is 12.2 Å². The van der Waals surface area contributed by atoms with Crippen LogP contribution in [0.1, 0.15) is 33.1 Å². The third-order valence-corrected chi connectivity index (χ3v) is 3.82. The van der Waals surface area contributed by atoms with Crippen molar-refractivity contribution in [3.63, 3.8) is 0 Å². The topological polar surface area (TPSA) is 64.9 Å². The molecule has 0 saturated carbocycles. The molecule has 2 aromatic heterocycles. The van der Waals surface area contributed by atoms with E-state index >= 15 is 0 Å². The van der Waals surface area contributed by atoms with Crippen LogP contribution in [0.2, 0.25) is 0 Å². The van der Waals surface area contributed by atoms with E-state index < -0.39 is 0 Å². The molecule has 3 rings (SSSR count). The summed E-state index contributed by atoms with van der Waals surface area (Å²) in [5, 5.41) is 3.10. The maximum absolute atomic E-state index is 13.1. The number of aromatic nitrogens is 4. The molecular weight excluding hydrogens is 321 g/mol. The second-order valence-corrected chi connectivity index (χ2v) is 5.73. The predicted molar refractivity (Wildman–Crippen MR) is 95.7 cm³/mol. The summed E-state index contributed by atoms with van der Waals surface area (Å²) in [6.45, 7) is 5.42. The van der Waals surface area contributed by atoms with E-state index in [0.29, 0.717) is 29.6 Å². The van der Waals surface area contributed by atoms with Gasteiger partial charge in [-0.25, -0.2) is 9.37 Å². The van der Waals surface area contributed by atoms with Gasteiger partial charge >= 0.3 is 0 Å². The summed E-state index contributed by atoms with van der Waals surface area (Å²) < 4.78 is 20.7. The Balaban J connectivity index is 1.94. The molecule has 1 N–H and O–H groups in total. The number of fused-ring (bicyclic) bond motifs is 1. The van der Waals surface area contributed by atoms with Crippen molar-refractivity contribution in [2.45, 2.75) is 39.7 Å². The molecule has 1 aromatic carbocycles. The molecule has 2 heterocycles. The van der Waals surface area contributed by atoms with Crippen molar-refractivity contribution in [3.8, 4) is 5.88 Å². The Bertz CT molecular complexity index is 831. The first-order valence-corrected chi connectivity index (χ1v) is 8.59. The van der Waals surface area contributed by atoms with Crippen LogP contribution in [0, 0.1) is 5.82 Å². The molecule has 132 valence electrons. The van der Waals surface area contributed by atoms with Crippen LogP contribution < -0.4 is 10.1 Å². The van der Waals surface area contributed by atoms with E-state index in [-0.39, 0.29) is 5.82 Å². The molecule has 0 bridgehead atoms. The minimum absolute atomic E-state index is 0.286. The number of rotatable bonds is 8. The van der Waals surface area contributed by atoms with Gasteiger partial charge in [0.25, 0.3) is 0 Å². The Morgan fingerprint density at radius 1 is 1.12 bits per heavy atom. The molecule has 0 radical (unpaired) electrons. The molecule has 0 amide bonds. The summed E-state index contributed by atoms with van der Waals surface area (Å²) in [6, 6.07) is 6.06. The minimum atomic E-state index is -0.286. The maximum Gasteiger partial charge on any atom is 0.247 e. The van der Waals surface area contributed by atoms with Gasteiger partial charge in [0.05, 0.1) is 12.9 Å². The number of nitrogens with one attached hydrogen (secondary N) is 1. The molecule has 0 aliphatic rings. The van der Waals surface area contributed by atoms with E-state index in [9.17, 15) is 4.39 Å². The van der Waals surface area contributed by atoms with Crippen LogP contribution in [-0.2, 0) is 6.54 Å². The van der Waals surface area contributed by atoms with Crippen LogP contribution in [-0.4, -0.2) is 26.1 Å². The second-order valence-electron chi connectivity index (χ2n) is 5.73. The third-order valence-electron chi connectivity index (χ3n) is 3.82. The number of hydrogen-bond acceptors (Lipinski definition) is 5. The van der Waals surface area contributed by atoms with Crippen molar-refractivity contribution >= 4 is 22.8 Å². The van der Waals surface area contributed by atoms with Crippen molar-refractivity contribution < 1.29 is 9.13 Å². The van der Waals surface area contributed by atoms with Crippen molar-refractivity contribution in [2.24, 2.45) is 0 Å². The monoisotopic (exact) mass is 343 g/mol. The van der Waals surface area contributed by atoms with E-state index in [0.717, 1.165) is 31.5 Å². The zero-order chi connectivity index (χ0) is 17.6. The Morgan fingerprint density at radius 2 is 1.92 bits per heavy atom. The van der Waals surface area contributed by atoms with Gasteiger partial charge in [0.1, 0.15) is 5.82 Å². The Kier molecular flexibility index (Phi) is 5.42. The third kappa shape index (κ3) is 4.04. The first-order chi connectivity index (χ1) is 12.2. The van der Waals surface area contributed by atoms with Crippen LogP contribution in [0.3, 0.4) is 0 Å². The summed E-state index contributed by atoms with van der Waals surface area (Å²) in [5.74, 6) is 0.567. The summed E-state index contributed by atoms with van der Waals surface area (Å²) >= 11 is 0. The molecule has 0 fully saturated rings. The number of ether oxygens (including phenoxy) is 1. The van der Waals surface area contributed by atoms with Gasteiger partial charge in [-0.3, -0.25) is 0 Å². The summed E-state index contributed by atoms with van der Waals surface area (Å²) in [4.78, 5) is 13.4. The lowest BCUT2D eigenvalue weighted by Crippen LogP contribution is -2.04. The molecule has 7 heteroatoms. The van der Waals surface area contributed by atoms with Crippen molar-refractivity contribution in [1.29, 1.82) is 0 Å². The molecule has 6 nitrogen and oxygen atoms in total. The zero-order valence-corrected chi connectivity index (χ0v) is 14.5. The van der Waals surface area contributed by atoms with E-state index in [1.165, 1.54) is 12.1 Å². The van der Waals surface area contributed by atoms with E-state index in [1.54, 1.807) is 18.5 Å². The average molecular weight is 343 g/mol. The SMILES string of the molecule is CCCCCn1cnc2c(OCC)nc(Nc3ccc(F)cc3)nc21. The number of imidazole rings is 1. The largest absolute Gasteiger partial charge is 0.476 e. The van der Waals surface area contributed by atoms with Gasteiger partial charge in [0.15, 0.2) is 11.2 Å². The lowest BCUT2D eigenvalue weighted by Gasteiger charge is -2.09. The van der Waals surface area contributed by atoms with E-state index in [4.69, 9.17) is 4.74 Å². The molecule has 0 atom stereocenters. The quantitative estimate of drug-likeness (QED) is 0.618. The van der Waals surface area contributed by atoms with Gasteiger partial charge in [0.2, 0.25) is 11.8 Å². The van der Waals surface area contributed by atoms with Gasteiger partial charge < -0.3 is 14.6 Å². The molecule has 0 spiro atoms. The molecular formula is C18H22FN5O. The van der Waals surface area contributed by atoms with E-state index in [2.05, 4.69) is 27.2 Å². The highest BCUT2D eigenvalue weighted by Gasteiger charge is 2.14. The van der Waals surface area contributed by atoms with Crippen LogP contribution in [0.5, 0.6) is 5.88 Å². The number of benzene rings is 1. The van der Waals surface area contributed by atoms with Crippen LogP contribution >= 0.6 is 0 Å². The number of halogens is 1. The normalized spacial score (nSPS) is 11.0. The predicted octanol–water partition coefficient (Wildman–Crippen LogP) is 4.30. The van der Waals surface area contributed by atoms with E-state index in [1.807, 2.05) is 11.5 Å². The molecule has 0 unspecified atom stereocenters. The fraction of sp³-hybridized carbons (Fsp3) is 0.389. The number of anilines is 2. The fourth-order valence-corrected chi connectivity index (χ4v) is 2.57. The van der Waals surface area contributed by atoms with Crippen LogP contribution in [0.25, 0.3) is 11.2 Å². The smallest absolute Gasteiger partial charge is 0.247 e. The number of aryl methyl sites for hydroxylation is 1. The van der Waals surface area contributed by atoms with Gasteiger partial charge in [-0.05, 0) is 37.6 Å². The van der Waals surface area contributed by atoms with Gasteiger partial charge in [-0.1, -0.05) is 19.8 Å². The zero-order valence-electron chi connectivity index (χ0n) is 14.5. The summed E-state index contributed by atoms with van der Waals surface area (Å²) in [5.41, 5.74) is 2.10. The lowest BCUT2D eigenvalue weighted by atomic mass is 10.2. The highest BCUT2D eigenvalue weighted by Crippen LogP contribution is 2.25. The molecule has 25 heavy (non-hydrogen) atoms. The maximum atomic E-state index is 13.1. The lowest BCUT2D eigenvalue weighted by molar-refractivity contribution is 0.330. The van der Waals surface area contributed by atoms with Crippen LogP contribution in [0.4, 0.5) is 16.0 Å². The molecule has 0 aliphatic carbocycles. The Hall–Kier alpha value is -2.70. The van der Waals surface area contributed by atoms with Crippen molar-refractivity contribution in [3.05, 3.63) is 36.4 Å². The Labute approximate surface area is 146 Å². The van der Waals surface area contributed by atoms with Crippen molar-refractivity contribution in [2.75, 3.05) is 11.9 Å². The summed E-state index contributed by atoms with van der Waals surface area (Å²) in [6.07, 6.45) is 5.16. The first-order valence-electron chi connectivity index (χ1n) is 8.59. The number of unbranched alkanes of at least 4 members (excludes halogenated alkanes) is 2. The molecule has 0 saturated heterocycles. The molecule has 0 aliphatic heterocycles. The average Bonchev–Trinajstić information content (AvgIpc) is 3.01. The fourth-order valence-electron chi connectivity index (χ4n) is 2.57. The second kappa shape index (κ2) is 7.92. The van der Waals surface area contributed by atoms with Crippen LogP contribution in [0.15, 0.2) is 30.6 Å².